The van der Waals surface area contributed by atoms with Crippen LogP contribution in [0.1, 0.15) is 23.0 Å². The highest BCUT2D eigenvalue weighted by Gasteiger charge is 2.25. The zero-order valence-electron chi connectivity index (χ0n) is 21.0. The third-order valence-electron chi connectivity index (χ3n) is 6.28. The monoisotopic (exact) mass is 572 g/mol. The van der Waals surface area contributed by atoms with E-state index in [4.69, 9.17) is 22.3 Å². The molecule has 9 nitrogen and oxygen atoms in total. The maximum absolute atomic E-state index is 14.0. The molecule has 0 aliphatic rings. The Morgan fingerprint density at radius 1 is 1.13 bits per heavy atom. The van der Waals surface area contributed by atoms with E-state index in [1.807, 2.05) is 0 Å². The largest absolute Gasteiger partial charge is 0.321 e. The van der Waals surface area contributed by atoms with Crippen LogP contribution in [-0.2, 0) is 23.5 Å². The molecule has 2 heterocycles. The fourth-order valence-corrected chi connectivity index (χ4v) is 5.45. The van der Waals surface area contributed by atoms with Gasteiger partial charge in [-0.15, -0.1) is 0 Å². The predicted molar refractivity (Wildman–Crippen MR) is 147 cm³/mol. The van der Waals surface area contributed by atoms with Gasteiger partial charge >= 0.3 is 0 Å². The summed E-state index contributed by atoms with van der Waals surface area (Å²) < 4.78 is 56.8. The maximum atomic E-state index is 14.0. The van der Waals surface area contributed by atoms with E-state index in [1.54, 1.807) is 38.2 Å². The van der Waals surface area contributed by atoms with Gasteiger partial charge in [0.1, 0.15) is 17.5 Å². The standard InChI is InChI=1S/C26H23ClF2N6O3S/c1-13-5-4-6-17-22(13)31-25(19(30)11-14-9-15(28)12-16(29)10-14)35(26(17)36)20-8-7-18(27)21-23(20)34(2)32-24(21)33-39(3,37)38/h4-10,12,19H,11,30H2,1-3H3,(H,32,33)/t19-/m0/s1. The number of para-hydroxylation sites is 1. The van der Waals surface area contributed by atoms with Crippen LogP contribution in [0, 0.1) is 18.6 Å². The molecule has 2 aromatic heterocycles. The molecule has 5 aromatic rings. The molecule has 0 amide bonds. The summed E-state index contributed by atoms with van der Waals surface area (Å²) >= 11 is 6.47. The number of hydrogen-bond acceptors (Lipinski definition) is 6. The topological polar surface area (TPSA) is 125 Å². The molecule has 1 atom stereocenters. The summed E-state index contributed by atoms with van der Waals surface area (Å²) in [7, 11) is -2.12. The number of hydrogen-bond donors (Lipinski definition) is 2. The summed E-state index contributed by atoms with van der Waals surface area (Å²) in [4.78, 5) is 18.8. The van der Waals surface area contributed by atoms with E-state index < -0.39 is 33.3 Å². The molecule has 0 saturated carbocycles. The third-order valence-corrected chi connectivity index (χ3v) is 7.15. The van der Waals surface area contributed by atoms with Crippen molar-refractivity contribution in [3.05, 3.63) is 92.5 Å². The fraction of sp³-hybridized carbons (Fsp3) is 0.192. The van der Waals surface area contributed by atoms with Gasteiger partial charge in [-0.05, 0) is 54.8 Å². The van der Waals surface area contributed by atoms with Crippen LogP contribution in [-0.4, -0.2) is 34.0 Å². The summed E-state index contributed by atoms with van der Waals surface area (Å²) in [5.41, 5.74) is 8.22. The summed E-state index contributed by atoms with van der Waals surface area (Å²) in [5, 5.41) is 5.07. The van der Waals surface area contributed by atoms with Crippen LogP contribution in [0.2, 0.25) is 5.02 Å². The Labute approximate surface area is 226 Å². The number of halogens is 3. The number of nitrogens with zero attached hydrogens (tertiary/aromatic N) is 4. The summed E-state index contributed by atoms with van der Waals surface area (Å²) in [6, 6.07) is 10.4. The lowest BCUT2D eigenvalue weighted by atomic mass is 10.0. The normalized spacial score (nSPS) is 12.8. The molecule has 13 heteroatoms. The number of aromatic nitrogens is 4. The van der Waals surface area contributed by atoms with Crippen molar-refractivity contribution in [2.75, 3.05) is 11.0 Å². The molecule has 0 bridgehead atoms. The first-order valence-electron chi connectivity index (χ1n) is 11.7. The van der Waals surface area contributed by atoms with Crippen molar-refractivity contribution in [3.63, 3.8) is 0 Å². The second kappa shape index (κ2) is 9.70. The van der Waals surface area contributed by atoms with E-state index in [-0.39, 0.29) is 34.0 Å². The first kappa shape index (κ1) is 26.7. The highest BCUT2D eigenvalue weighted by Crippen LogP contribution is 2.35. The Balaban J connectivity index is 1.82. The number of sulfonamides is 1. The SMILES string of the molecule is Cc1cccc2c(=O)n(-c3ccc(Cl)c4c(NS(C)(=O)=O)nn(C)c34)c([C@@H](N)Cc3cc(F)cc(F)c3)nc12. The number of fused-ring (bicyclic) bond motifs is 2. The molecule has 3 N–H and O–H groups in total. The predicted octanol–water partition coefficient (Wildman–Crippen LogP) is 4.13. The minimum absolute atomic E-state index is 0.0134. The summed E-state index contributed by atoms with van der Waals surface area (Å²) in [5.74, 6) is -1.39. The third kappa shape index (κ3) is 4.98. The van der Waals surface area contributed by atoms with Gasteiger partial charge in [-0.2, -0.15) is 5.10 Å². The molecule has 202 valence electrons. The van der Waals surface area contributed by atoms with Crippen LogP contribution < -0.4 is 16.0 Å². The van der Waals surface area contributed by atoms with Crippen molar-refractivity contribution in [2.45, 2.75) is 19.4 Å². The number of nitrogens with two attached hydrogens (primary N) is 1. The average Bonchev–Trinajstić information content (AvgIpc) is 3.14. The molecule has 0 spiro atoms. The van der Waals surface area contributed by atoms with Crippen molar-refractivity contribution < 1.29 is 17.2 Å². The molecule has 5 rings (SSSR count). The molecule has 39 heavy (non-hydrogen) atoms. The molecule has 0 aliphatic carbocycles. The second-order valence-corrected chi connectivity index (χ2v) is 11.5. The molecule has 0 unspecified atom stereocenters. The number of anilines is 1. The first-order valence-corrected chi connectivity index (χ1v) is 14.0. The molecule has 3 aromatic carbocycles. The van der Waals surface area contributed by atoms with Crippen molar-refractivity contribution >= 4 is 49.2 Å². The summed E-state index contributed by atoms with van der Waals surface area (Å²) in [6.45, 7) is 1.81. The molecular weight excluding hydrogens is 550 g/mol. The van der Waals surface area contributed by atoms with Crippen LogP contribution in [0.3, 0.4) is 0 Å². The van der Waals surface area contributed by atoms with Gasteiger partial charge in [-0.1, -0.05) is 23.7 Å². The van der Waals surface area contributed by atoms with Gasteiger partial charge in [0.25, 0.3) is 5.56 Å². The maximum Gasteiger partial charge on any atom is 0.266 e. The van der Waals surface area contributed by atoms with E-state index in [2.05, 4.69) is 9.82 Å². The van der Waals surface area contributed by atoms with Gasteiger partial charge in [0.15, 0.2) is 5.82 Å². The van der Waals surface area contributed by atoms with Gasteiger partial charge in [-0.25, -0.2) is 22.2 Å². The quantitative estimate of drug-likeness (QED) is 0.315. The van der Waals surface area contributed by atoms with E-state index in [1.165, 1.54) is 27.4 Å². The Morgan fingerprint density at radius 3 is 2.49 bits per heavy atom. The van der Waals surface area contributed by atoms with Crippen LogP contribution in [0.15, 0.2) is 53.3 Å². The molecule has 0 fully saturated rings. The Bertz CT molecular complexity index is 1940. The first-order chi connectivity index (χ1) is 18.3. The number of aryl methyl sites for hydroxylation is 2. The minimum Gasteiger partial charge on any atom is -0.321 e. The number of nitrogens with one attached hydrogen (secondary N) is 1. The minimum atomic E-state index is -3.70. The van der Waals surface area contributed by atoms with Crippen molar-refractivity contribution in [3.8, 4) is 5.69 Å². The van der Waals surface area contributed by atoms with Gasteiger partial charge in [0.05, 0.1) is 44.8 Å². The van der Waals surface area contributed by atoms with Crippen LogP contribution in [0.4, 0.5) is 14.6 Å². The lowest BCUT2D eigenvalue weighted by molar-refractivity contribution is 0.572. The van der Waals surface area contributed by atoms with Gasteiger partial charge in [0.2, 0.25) is 10.0 Å². The van der Waals surface area contributed by atoms with Crippen molar-refractivity contribution in [1.82, 2.24) is 19.3 Å². The zero-order chi connectivity index (χ0) is 28.2. The average molecular weight is 573 g/mol. The van der Waals surface area contributed by atoms with Crippen LogP contribution in [0.25, 0.3) is 27.5 Å². The van der Waals surface area contributed by atoms with Gasteiger partial charge < -0.3 is 5.73 Å². The van der Waals surface area contributed by atoms with Crippen molar-refractivity contribution in [1.29, 1.82) is 0 Å². The highest BCUT2D eigenvalue weighted by atomic mass is 35.5. The molecular formula is C26H23ClF2N6O3S. The van der Waals surface area contributed by atoms with E-state index >= 15 is 0 Å². The number of rotatable bonds is 6. The Hall–Kier alpha value is -3.87. The zero-order valence-corrected chi connectivity index (χ0v) is 22.6. The molecule has 0 saturated heterocycles. The fourth-order valence-electron chi connectivity index (χ4n) is 4.71. The van der Waals surface area contributed by atoms with E-state index in [0.717, 1.165) is 17.9 Å². The van der Waals surface area contributed by atoms with Gasteiger partial charge in [0, 0.05) is 13.1 Å². The van der Waals surface area contributed by atoms with Crippen molar-refractivity contribution in [2.24, 2.45) is 12.8 Å². The van der Waals surface area contributed by atoms with Crippen LogP contribution >= 0.6 is 11.6 Å². The molecule has 0 radical (unpaired) electrons. The van der Waals surface area contributed by atoms with E-state index in [0.29, 0.717) is 22.1 Å². The Kier molecular flexibility index (Phi) is 6.65. The highest BCUT2D eigenvalue weighted by molar-refractivity contribution is 7.92. The lowest BCUT2D eigenvalue weighted by Crippen LogP contribution is -2.30. The van der Waals surface area contributed by atoms with E-state index in [9.17, 15) is 22.0 Å². The van der Waals surface area contributed by atoms with Gasteiger partial charge in [-0.3, -0.25) is 18.8 Å². The molecule has 0 aliphatic heterocycles. The second-order valence-electron chi connectivity index (χ2n) is 9.31. The summed E-state index contributed by atoms with van der Waals surface area (Å²) in [6.07, 6.45) is 0.958. The lowest BCUT2D eigenvalue weighted by Gasteiger charge is -2.20. The Morgan fingerprint density at radius 2 is 1.82 bits per heavy atom. The smallest absolute Gasteiger partial charge is 0.266 e. The number of benzene rings is 3. The van der Waals surface area contributed by atoms with Crippen LogP contribution in [0.5, 0.6) is 0 Å².